The van der Waals surface area contributed by atoms with Gasteiger partial charge in [0.05, 0.1) is 0 Å². The Morgan fingerprint density at radius 2 is 1.19 bits per heavy atom. The van der Waals surface area contributed by atoms with E-state index in [1.54, 1.807) is 41.5 Å². The third-order valence-corrected chi connectivity index (χ3v) is 3.26. The van der Waals surface area contributed by atoms with E-state index in [-0.39, 0.29) is 13.1 Å². The van der Waals surface area contributed by atoms with Crippen molar-refractivity contribution >= 4 is 17.6 Å². The molecule has 0 aliphatic carbocycles. The van der Waals surface area contributed by atoms with Crippen molar-refractivity contribution in [3.8, 4) is 0 Å². The van der Waals surface area contributed by atoms with Crippen LogP contribution in [0.1, 0.15) is 41.5 Å². The van der Waals surface area contributed by atoms with Crippen molar-refractivity contribution in [2.24, 2.45) is 0 Å². The molecule has 27 heavy (non-hydrogen) atoms. The molecule has 0 unspecified atom stereocenters. The predicted molar refractivity (Wildman–Crippen MR) is 109 cm³/mol. The lowest BCUT2D eigenvalue weighted by molar-refractivity contribution is -0.150. The molecule has 0 fully saturated rings. The van der Waals surface area contributed by atoms with Crippen molar-refractivity contribution in [3.05, 3.63) is 54.6 Å². The molecule has 5 heteroatoms. The van der Waals surface area contributed by atoms with Gasteiger partial charge in [-0.15, -0.1) is 0 Å². The highest BCUT2D eigenvalue weighted by atomic mass is 16.6. The molecule has 0 saturated carbocycles. The van der Waals surface area contributed by atoms with E-state index in [0.717, 1.165) is 5.69 Å². The van der Waals surface area contributed by atoms with Gasteiger partial charge in [-0.05, 0) is 53.7 Å². The molecule has 0 atom stereocenters. The quantitative estimate of drug-likeness (QED) is 0.527. The molecule has 0 bridgehead atoms. The van der Waals surface area contributed by atoms with Crippen LogP contribution in [0.3, 0.4) is 0 Å². The van der Waals surface area contributed by atoms with Crippen LogP contribution in [0.2, 0.25) is 0 Å². The van der Waals surface area contributed by atoms with Crippen molar-refractivity contribution in [3.63, 3.8) is 0 Å². The zero-order valence-corrected chi connectivity index (χ0v) is 17.3. The molecule has 0 saturated heterocycles. The largest absolute Gasteiger partial charge is 0.457 e. The molecular formula is C22H31NO4. The second-order valence-corrected chi connectivity index (χ2v) is 8.40. The van der Waals surface area contributed by atoms with Crippen LogP contribution in [0.5, 0.6) is 0 Å². The maximum atomic E-state index is 12.3. The summed E-state index contributed by atoms with van der Waals surface area (Å²) in [6, 6.07) is 9.45. The number of rotatable bonds is 7. The van der Waals surface area contributed by atoms with Crippen LogP contribution in [0.15, 0.2) is 54.6 Å². The molecule has 0 radical (unpaired) electrons. The van der Waals surface area contributed by atoms with Gasteiger partial charge in [-0.2, -0.15) is 0 Å². The van der Waals surface area contributed by atoms with Gasteiger partial charge in [-0.1, -0.05) is 31.4 Å². The number of esters is 2. The van der Waals surface area contributed by atoms with Gasteiger partial charge >= 0.3 is 11.9 Å². The molecule has 1 rings (SSSR count). The third kappa shape index (κ3) is 8.58. The number of carbonyl (C=O) groups is 2. The fourth-order valence-electron chi connectivity index (χ4n) is 2.17. The van der Waals surface area contributed by atoms with Crippen LogP contribution >= 0.6 is 0 Å². The van der Waals surface area contributed by atoms with E-state index in [9.17, 15) is 9.59 Å². The molecule has 1 aromatic carbocycles. The lowest BCUT2D eigenvalue weighted by atomic mass is 10.1. The average molecular weight is 373 g/mol. The molecule has 1 aromatic rings. The van der Waals surface area contributed by atoms with Crippen molar-refractivity contribution in [1.29, 1.82) is 0 Å². The van der Waals surface area contributed by atoms with Crippen molar-refractivity contribution in [2.75, 3.05) is 18.0 Å². The standard InChI is InChI=1S/C22H31NO4/c1-16(19(24)26-21(3,4)5)14-23(18-12-10-9-11-13-18)15-17(2)20(25)27-22(6,7)8/h9-13H,1-2,14-15H2,3-8H3. The minimum atomic E-state index is -0.599. The Bertz CT molecular complexity index is 651. The Morgan fingerprint density at radius 1 is 0.815 bits per heavy atom. The molecule has 0 aliphatic rings. The average Bonchev–Trinajstić information content (AvgIpc) is 2.51. The van der Waals surface area contributed by atoms with E-state index >= 15 is 0 Å². The van der Waals surface area contributed by atoms with Crippen LogP contribution in [0.4, 0.5) is 5.69 Å². The Labute approximate surface area is 162 Å². The number of hydrogen-bond donors (Lipinski definition) is 0. The number of benzene rings is 1. The van der Waals surface area contributed by atoms with Crippen LogP contribution in [-0.4, -0.2) is 36.2 Å². The smallest absolute Gasteiger partial charge is 0.335 e. The van der Waals surface area contributed by atoms with Crippen LogP contribution in [0.25, 0.3) is 0 Å². The van der Waals surface area contributed by atoms with E-state index < -0.39 is 23.1 Å². The highest BCUT2D eigenvalue weighted by Crippen LogP contribution is 2.19. The summed E-state index contributed by atoms with van der Waals surface area (Å²) in [6.45, 7) is 18.9. The SMILES string of the molecule is C=C(CN(CC(=C)C(=O)OC(C)(C)C)c1ccccc1)C(=O)OC(C)(C)C. The minimum absolute atomic E-state index is 0.209. The first-order chi connectivity index (χ1) is 12.3. The van der Waals surface area contributed by atoms with E-state index in [0.29, 0.717) is 11.1 Å². The Balaban J connectivity index is 2.92. The Hall–Kier alpha value is -2.56. The highest BCUT2D eigenvalue weighted by molar-refractivity contribution is 5.91. The van der Waals surface area contributed by atoms with Crippen LogP contribution in [0, 0.1) is 0 Å². The number of carbonyl (C=O) groups excluding carboxylic acids is 2. The van der Waals surface area contributed by atoms with Gasteiger partial charge in [0, 0.05) is 29.9 Å². The summed E-state index contributed by atoms with van der Waals surface area (Å²) in [7, 11) is 0. The number of ether oxygens (including phenoxy) is 2. The lowest BCUT2D eigenvalue weighted by Gasteiger charge is -2.28. The predicted octanol–water partition coefficient (Wildman–Crippen LogP) is 4.29. The Morgan fingerprint density at radius 3 is 1.52 bits per heavy atom. The van der Waals surface area contributed by atoms with Gasteiger partial charge in [0.1, 0.15) is 11.2 Å². The third-order valence-electron chi connectivity index (χ3n) is 3.26. The van der Waals surface area contributed by atoms with Crippen molar-refractivity contribution in [2.45, 2.75) is 52.7 Å². The van der Waals surface area contributed by atoms with Gasteiger partial charge in [0.15, 0.2) is 0 Å². The molecule has 0 heterocycles. The van der Waals surface area contributed by atoms with E-state index in [1.165, 1.54) is 0 Å². The normalized spacial score (nSPS) is 11.5. The summed E-state index contributed by atoms with van der Waals surface area (Å²) < 4.78 is 10.8. The monoisotopic (exact) mass is 373 g/mol. The molecule has 0 spiro atoms. The van der Waals surface area contributed by atoms with Crippen molar-refractivity contribution in [1.82, 2.24) is 0 Å². The summed E-state index contributed by atoms with van der Waals surface area (Å²) in [6.07, 6.45) is 0. The number of anilines is 1. The van der Waals surface area contributed by atoms with Gasteiger partial charge in [-0.3, -0.25) is 0 Å². The molecule has 5 nitrogen and oxygen atoms in total. The zero-order chi connectivity index (χ0) is 20.8. The molecule has 0 aromatic heterocycles. The summed E-state index contributed by atoms with van der Waals surface area (Å²) >= 11 is 0. The zero-order valence-electron chi connectivity index (χ0n) is 17.3. The number of hydrogen-bond acceptors (Lipinski definition) is 5. The number of para-hydroxylation sites is 1. The van der Waals surface area contributed by atoms with Crippen LogP contribution < -0.4 is 4.90 Å². The number of nitrogens with zero attached hydrogens (tertiary/aromatic N) is 1. The van der Waals surface area contributed by atoms with Gasteiger partial charge in [-0.25, -0.2) is 9.59 Å². The molecule has 0 amide bonds. The van der Waals surface area contributed by atoms with Gasteiger partial charge in [0.25, 0.3) is 0 Å². The maximum Gasteiger partial charge on any atom is 0.335 e. The highest BCUT2D eigenvalue weighted by Gasteiger charge is 2.23. The second-order valence-electron chi connectivity index (χ2n) is 8.40. The first kappa shape index (κ1) is 22.5. The fraction of sp³-hybridized carbons (Fsp3) is 0.455. The summed E-state index contributed by atoms with van der Waals surface area (Å²) in [5, 5.41) is 0. The first-order valence-corrected chi connectivity index (χ1v) is 8.91. The molecule has 148 valence electrons. The van der Waals surface area contributed by atoms with Gasteiger partial charge in [0.2, 0.25) is 0 Å². The van der Waals surface area contributed by atoms with Crippen LogP contribution in [-0.2, 0) is 19.1 Å². The maximum absolute atomic E-state index is 12.3. The summed E-state index contributed by atoms with van der Waals surface area (Å²) in [5.41, 5.74) is 0.235. The summed E-state index contributed by atoms with van der Waals surface area (Å²) in [4.78, 5) is 26.4. The van der Waals surface area contributed by atoms with E-state index in [1.807, 2.05) is 35.2 Å². The minimum Gasteiger partial charge on any atom is -0.457 e. The summed E-state index contributed by atoms with van der Waals surface area (Å²) in [5.74, 6) is -0.933. The first-order valence-electron chi connectivity index (χ1n) is 8.91. The van der Waals surface area contributed by atoms with Crippen molar-refractivity contribution < 1.29 is 19.1 Å². The van der Waals surface area contributed by atoms with Gasteiger partial charge < -0.3 is 14.4 Å². The van der Waals surface area contributed by atoms with E-state index in [4.69, 9.17) is 9.47 Å². The topological polar surface area (TPSA) is 55.8 Å². The Kier molecular flexibility index (Phi) is 7.40. The lowest BCUT2D eigenvalue weighted by Crippen LogP contribution is -2.35. The molecule has 0 aliphatic heterocycles. The van der Waals surface area contributed by atoms with E-state index in [2.05, 4.69) is 13.2 Å². The molecule has 0 N–H and O–H groups in total. The second kappa shape index (κ2) is 8.89. The fourth-order valence-corrected chi connectivity index (χ4v) is 2.17. The molecular weight excluding hydrogens is 342 g/mol.